The zero-order valence-electron chi connectivity index (χ0n) is 14.0. The Morgan fingerprint density at radius 1 is 1.17 bits per heavy atom. The second-order valence-corrected chi connectivity index (χ2v) is 7.74. The lowest BCUT2D eigenvalue weighted by Crippen LogP contribution is -2.41. The molecule has 0 aliphatic heterocycles. The van der Waals surface area contributed by atoms with E-state index in [1.165, 1.54) is 0 Å². The molecule has 0 bridgehead atoms. The summed E-state index contributed by atoms with van der Waals surface area (Å²) >= 11 is 0. The molecule has 0 fully saturated rings. The Morgan fingerprint density at radius 2 is 1.78 bits per heavy atom. The molecule has 0 saturated carbocycles. The highest BCUT2D eigenvalue weighted by Crippen LogP contribution is 2.17. The van der Waals surface area contributed by atoms with E-state index in [9.17, 15) is 13.2 Å². The lowest BCUT2D eigenvalue weighted by atomic mass is 10.1. The highest BCUT2D eigenvalue weighted by atomic mass is 35.5. The molecule has 6 nitrogen and oxygen atoms in total. The minimum atomic E-state index is -3.63. The van der Waals surface area contributed by atoms with Gasteiger partial charge in [-0.2, -0.15) is 0 Å². The van der Waals surface area contributed by atoms with Gasteiger partial charge in [0.1, 0.15) is 0 Å². The average Bonchev–Trinajstić information content (AvgIpc) is 2.40. The molecule has 0 unspecified atom stereocenters. The molecule has 0 aliphatic carbocycles. The van der Waals surface area contributed by atoms with E-state index in [2.05, 4.69) is 15.4 Å². The van der Waals surface area contributed by atoms with Crippen LogP contribution in [0.15, 0.2) is 29.2 Å². The highest BCUT2D eigenvalue weighted by molar-refractivity contribution is 7.89. The molecular weight excluding hydrogens is 338 g/mol. The number of amides is 1. The molecule has 0 radical (unpaired) electrons. The van der Waals surface area contributed by atoms with Gasteiger partial charge in [-0.1, -0.05) is 18.2 Å². The van der Waals surface area contributed by atoms with E-state index in [-0.39, 0.29) is 29.8 Å². The third kappa shape index (κ3) is 7.78. The Labute approximate surface area is 144 Å². The Hall–Kier alpha value is -1.15. The Kier molecular flexibility index (Phi) is 8.76. The second kappa shape index (κ2) is 9.22. The predicted molar refractivity (Wildman–Crippen MR) is 94.2 cm³/mol. The topological polar surface area (TPSA) is 87.3 Å². The third-order valence-electron chi connectivity index (χ3n) is 2.78. The van der Waals surface area contributed by atoms with Crippen molar-refractivity contribution in [3.05, 3.63) is 29.8 Å². The molecule has 1 aromatic carbocycles. The van der Waals surface area contributed by atoms with Crippen molar-refractivity contribution in [3.8, 4) is 0 Å². The van der Waals surface area contributed by atoms with E-state index in [4.69, 9.17) is 0 Å². The Balaban J connectivity index is 0.00000484. The van der Waals surface area contributed by atoms with Crippen molar-refractivity contribution < 1.29 is 13.2 Å². The summed E-state index contributed by atoms with van der Waals surface area (Å²) in [5.74, 6) is -0.120. The number of hydrogen-bond acceptors (Lipinski definition) is 4. The molecule has 0 aromatic heterocycles. The first-order chi connectivity index (χ1) is 10.2. The van der Waals surface area contributed by atoms with Gasteiger partial charge in [0, 0.05) is 25.0 Å². The van der Waals surface area contributed by atoms with E-state index < -0.39 is 15.6 Å². The smallest absolute Gasteiger partial charge is 0.241 e. The maximum Gasteiger partial charge on any atom is 0.241 e. The molecule has 1 aromatic rings. The zero-order chi connectivity index (χ0) is 16.8. The monoisotopic (exact) mass is 363 g/mol. The van der Waals surface area contributed by atoms with Gasteiger partial charge in [0.15, 0.2) is 0 Å². The normalized spacial score (nSPS) is 11.7. The number of carbonyl (C=O) groups is 1. The van der Waals surface area contributed by atoms with Crippen LogP contribution >= 0.6 is 12.4 Å². The van der Waals surface area contributed by atoms with Crippen LogP contribution in [-0.2, 0) is 21.4 Å². The summed E-state index contributed by atoms with van der Waals surface area (Å²) in [6, 6.07) is 6.67. The first kappa shape index (κ1) is 21.9. The third-order valence-corrected chi connectivity index (χ3v) is 4.64. The van der Waals surface area contributed by atoms with Crippen LogP contribution in [-0.4, -0.2) is 33.5 Å². The maximum atomic E-state index is 12.5. The first-order valence-electron chi connectivity index (χ1n) is 7.19. The number of halogens is 1. The van der Waals surface area contributed by atoms with Crippen LogP contribution < -0.4 is 15.4 Å². The quantitative estimate of drug-likeness (QED) is 0.683. The van der Waals surface area contributed by atoms with Crippen LogP contribution in [0.2, 0.25) is 0 Å². The molecule has 1 rings (SSSR count). The fraction of sp³-hybridized carbons (Fsp3) is 0.533. The number of hydrogen-bond donors (Lipinski definition) is 3. The van der Waals surface area contributed by atoms with Gasteiger partial charge in [-0.15, -0.1) is 12.4 Å². The molecular formula is C15H26ClN3O3S. The molecule has 0 atom stereocenters. The van der Waals surface area contributed by atoms with E-state index in [0.717, 1.165) is 0 Å². The summed E-state index contributed by atoms with van der Waals surface area (Å²) in [7, 11) is -1.86. The summed E-state index contributed by atoms with van der Waals surface area (Å²) < 4.78 is 27.5. The number of benzene rings is 1. The molecule has 23 heavy (non-hydrogen) atoms. The van der Waals surface area contributed by atoms with E-state index in [1.54, 1.807) is 52.1 Å². The Bertz CT molecular complexity index is 613. The number of nitrogens with one attached hydrogen (secondary N) is 3. The van der Waals surface area contributed by atoms with Gasteiger partial charge in [0.2, 0.25) is 15.9 Å². The predicted octanol–water partition coefficient (Wildman–Crippen LogP) is 1.41. The Morgan fingerprint density at radius 3 is 2.35 bits per heavy atom. The minimum Gasteiger partial charge on any atom is -0.352 e. The van der Waals surface area contributed by atoms with Crippen molar-refractivity contribution in [2.75, 3.05) is 13.6 Å². The van der Waals surface area contributed by atoms with Crippen LogP contribution in [0.25, 0.3) is 0 Å². The SMILES string of the molecule is CNCCC(=O)NCc1ccccc1S(=O)(=O)NC(C)(C)C.Cl. The number of carbonyl (C=O) groups excluding carboxylic acids is 1. The minimum absolute atomic E-state index is 0. The highest BCUT2D eigenvalue weighted by Gasteiger charge is 2.24. The van der Waals surface area contributed by atoms with Crippen molar-refractivity contribution in [2.45, 2.75) is 44.2 Å². The van der Waals surface area contributed by atoms with Crippen LogP contribution in [0.5, 0.6) is 0 Å². The molecule has 8 heteroatoms. The van der Waals surface area contributed by atoms with Crippen LogP contribution in [0.1, 0.15) is 32.8 Å². The molecule has 1 amide bonds. The van der Waals surface area contributed by atoms with Gasteiger partial charge < -0.3 is 10.6 Å². The van der Waals surface area contributed by atoms with Crippen molar-refractivity contribution in [1.29, 1.82) is 0 Å². The summed E-state index contributed by atoms with van der Waals surface area (Å²) in [5, 5.41) is 5.63. The first-order valence-corrected chi connectivity index (χ1v) is 8.67. The fourth-order valence-corrected chi connectivity index (χ4v) is 3.55. The second-order valence-electron chi connectivity index (χ2n) is 6.09. The molecule has 0 heterocycles. The van der Waals surface area contributed by atoms with Gasteiger partial charge in [-0.05, 0) is 39.4 Å². The largest absolute Gasteiger partial charge is 0.352 e. The molecule has 0 spiro atoms. The summed E-state index contributed by atoms with van der Waals surface area (Å²) in [5.41, 5.74) is -0.000752. The average molecular weight is 364 g/mol. The van der Waals surface area contributed by atoms with Crippen LogP contribution in [0, 0.1) is 0 Å². The van der Waals surface area contributed by atoms with Crippen molar-refractivity contribution in [2.24, 2.45) is 0 Å². The van der Waals surface area contributed by atoms with E-state index in [1.807, 2.05) is 0 Å². The number of rotatable bonds is 7. The van der Waals surface area contributed by atoms with E-state index >= 15 is 0 Å². The fourth-order valence-electron chi connectivity index (χ4n) is 1.89. The van der Waals surface area contributed by atoms with Gasteiger partial charge in [-0.3, -0.25) is 4.79 Å². The van der Waals surface area contributed by atoms with E-state index in [0.29, 0.717) is 18.5 Å². The number of sulfonamides is 1. The van der Waals surface area contributed by atoms with Crippen molar-refractivity contribution in [3.63, 3.8) is 0 Å². The van der Waals surface area contributed by atoms with Gasteiger partial charge in [0.05, 0.1) is 4.90 Å². The molecule has 0 saturated heterocycles. The molecule has 3 N–H and O–H groups in total. The standard InChI is InChI=1S/C15H25N3O3S.ClH/c1-15(2,3)18-22(20,21)13-8-6-5-7-12(13)11-17-14(19)9-10-16-4;/h5-8,16,18H,9-11H2,1-4H3,(H,17,19);1H. The lowest BCUT2D eigenvalue weighted by molar-refractivity contribution is -0.121. The van der Waals surface area contributed by atoms with Gasteiger partial charge in [0.25, 0.3) is 0 Å². The zero-order valence-corrected chi connectivity index (χ0v) is 15.6. The molecule has 0 aliphatic rings. The van der Waals surface area contributed by atoms with Crippen molar-refractivity contribution in [1.82, 2.24) is 15.4 Å². The maximum absolute atomic E-state index is 12.5. The van der Waals surface area contributed by atoms with Crippen LogP contribution in [0.3, 0.4) is 0 Å². The van der Waals surface area contributed by atoms with Crippen molar-refractivity contribution >= 4 is 28.3 Å². The summed E-state index contributed by atoms with van der Waals surface area (Å²) in [4.78, 5) is 11.8. The van der Waals surface area contributed by atoms with Crippen LogP contribution in [0.4, 0.5) is 0 Å². The summed E-state index contributed by atoms with van der Waals surface area (Å²) in [6.45, 7) is 6.12. The van der Waals surface area contributed by atoms with Gasteiger partial charge >= 0.3 is 0 Å². The summed E-state index contributed by atoms with van der Waals surface area (Å²) in [6.07, 6.45) is 0.353. The van der Waals surface area contributed by atoms with Gasteiger partial charge in [-0.25, -0.2) is 13.1 Å². The lowest BCUT2D eigenvalue weighted by Gasteiger charge is -2.21. The molecule has 132 valence electrons.